The SMILES string of the molecule is CC1(C)CC(=O)c2cc(NC(=O)c3ccc(C(F)(F)F)cc3)ccc2O1. The van der Waals surface area contributed by atoms with Crippen molar-refractivity contribution in [3.05, 3.63) is 59.2 Å². The van der Waals surface area contributed by atoms with Crippen molar-refractivity contribution in [2.24, 2.45) is 0 Å². The number of halogens is 3. The molecule has 1 aliphatic heterocycles. The summed E-state index contributed by atoms with van der Waals surface area (Å²) in [5.74, 6) is -0.219. The molecule has 0 saturated carbocycles. The van der Waals surface area contributed by atoms with Gasteiger partial charge in [0.15, 0.2) is 5.78 Å². The fourth-order valence-electron chi connectivity index (χ4n) is 2.74. The van der Waals surface area contributed by atoms with Crippen LogP contribution in [-0.2, 0) is 6.18 Å². The van der Waals surface area contributed by atoms with Gasteiger partial charge in [0.05, 0.1) is 17.5 Å². The van der Waals surface area contributed by atoms with Gasteiger partial charge in [-0.25, -0.2) is 0 Å². The lowest BCUT2D eigenvalue weighted by molar-refractivity contribution is -0.137. The van der Waals surface area contributed by atoms with E-state index in [-0.39, 0.29) is 17.8 Å². The molecule has 1 aliphatic rings. The molecular formula is C19H16F3NO3. The molecule has 0 bridgehead atoms. The lowest BCUT2D eigenvalue weighted by atomic mass is 9.93. The van der Waals surface area contributed by atoms with Gasteiger partial charge in [-0.05, 0) is 56.3 Å². The first-order valence-electron chi connectivity index (χ1n) is 7.90. The summed E-state index contributed by atoms with van der Waals surface area (Å²) in [6, 6.07) is 8.59. The Morgan fingerprint density at radius 1 is 1.12 bits per heavy atom. The molecule has 26 heavy (non-hydrogen) atoms. The molecule has 1 heterocycles. The number of hydrogen-bond donors (Lipinski definition) is 1. The number of anilines is 1. The van der Waals surface area contributed by atoms with E-state index in [0.717, 1.165) is 24.3 Å². The second-order valence-electron chi connectivity index (χ2n) is 6.70. The molecule has 7 heteroatoms. The summed E-state index contributed by atoms with van der Waals surface area (Å²) in [4.78, 5) is 24.5. The number of Topliss-reactive ketones (excluding diaryl/α,β-unsaturated/α-hetero) is 1. The van der Waals surface area contributed by atoms with Crippen LogP contribution in [0.5, 0.6) is 5.75 Å². The van der Waals surface area contributed by atoms with Gasteiger partial charge in [0.1, 0.15) is 11.4 Å². The average molecular weight is 363 g/mol. The highest BCUT2D eigenvalue weighted by Crippen LogP contribution is 2.34. The zero-order valence-electron chi connectivity index (χ0n) is 14.1. The van der Waals surface area contributed by atoms with Gasteiger partial charge in [-0.3, -0.25) is 9.59 Å². The molecule has 2 aromatic rings. The van der Waals surface area contributed by atoms with Crippen LogP contribution in [0.2, 0.25) is 0 Å². The van der Waals surface area contributed by atoms with Crippen molar-refractivity contribution in [3.63, 3.8) is 0 Å². The molecule has 1 amide bonds. The summed E-state index contributed by atoms with van der Waals surface area (Å²) >= 11 is 0. The summed E-state index contributed by atoms with van der Waals surface area (Å²) < 4.78 is 43.5. The minimum absolute atomic E-state index is 0.0828. The second-order valence-corrected chi connectivity index (χ2v) is 6.70. The van der Waals surface area contributed by atoms with E-state index < -0.39 is 23.2 Å². The number of ether oxygens (including phenoxy) is 1. The second kappa shape index (κ2) is 6.16. The van der Waals surface area contributed by atoms with Crippen LogP contribution in [0.3, 0.4) is 0 Å². The number of fused-ring (bicyclic) bond motifs is 1. The first kappa shape index (κ1) is 18.0. The number of ketones is 1. The number of carbonyl (C=O) groups is 2. The third-order valence-electron chi connectivity index (χ3n) is 3.98. The standard InChI is InChI=1S/C19H16F3NO3/c1-18(2)10-15(24)14-9-13(7-8-16(14)26-18)23-17(25)11-3-5-12(6-4-11)19(20,21)22/h3-9H,10H2,1-2H3,(H,23,25). The van der Waals surface area contributed by atoms with Crippen molar-refractivity contribution in [2.45, 2.75) is 32.0 Å². The van der Waals surface area contributed by atoms with Crippen molar-refractivity contribution in [2.75, 3.05) is 5.32 Å². The van der Waals surface area contributed by atoms with E-state index in [1.54, 1.807) is 12.1 Å². The summed E-state index contributed by atoms with van der Waals surface area (Å²) in [5.41, 5.74) is -0.595. The molecule has 1 N–H and O–H groups in total. The average Bonchev–Trinajstić information content (AvgIpc) is 2.54. The topological polar surface area (TPSA) is 55.4 Å². The number of hydrogen-bond acceptors (Lipinski definition) is 3. The molecule has 4 nitrogen and oxygen atoms in total. The Morgan fingerprint density at radius 3 is 2.38 bits per heavy atom. The fraction of sp³-hybridized carbons (Fsp3) is 0.263. The fourth-order valence-corrected chi connectivity index (χ4v) is 2.74. The number of rotatable bonds is 2. The zero-order chi connectivity index (χ0) is 19.1. The number of amides is 1. The number of alkyl halides is 3. The molecule has 0 fully saturated rings. The lowest BCUT2D eigenvalue weighted by Crippen LogP contribution is -2.35. The maximum absolute atomic E-state index is 12.6. The first-order chi connectivity index (χ1) is 12.0. The Hall–Kier alpha value is -2.83. The highest BCUT2D eigenvalue weighted by Gasteiger charge is 2.33. The van der Waals surface area contributed by atoms with Crippen LogP contribution in [0.1, 0.15) is 46.5 Å². The van der Waals surface area contributed by atoms with E-state index in [2.05, 4.69) is 5.32 Å². The normalized spacial score (nSPS) is 15.8. The smallest absolute Gasteiger partial charge is 0.416 e. The van der Waals surface area contributed by atoms with Crippen LogP contribution in [-0.4, -0.2) is 17.3 Å². The van der Waals surface area contributed by atoms with Crippen molar-refractivity contribution in [3.8, 4) is 5.75 Å². The van der Waals surface area contributed by atoms with Gasteiger partial charge in [-0.15, -0.1) is 0 Å². The van der Waals surface area contributed by atoms with E-state index in [0.29, 0.717) is 17.0 Å². The lowest BCUT2D eigenvalue weighted by Gasteiger charge is -2.31. The van der Waals surface area contributed by atoms with Gasteiger partial charge in [0, 0.05) is 11.3 Å². The predicted molar refractivity (Wildman–Crippen MR) is 89.5 cm³/mol. The van der Waals surface area contributed by atoms with Crippen LogP contribution in [0.4, 0.5) is 18.9 Å². The quantitative estimate of drug-likeness (QED) is 0.841. The van der Waals surface area contributed by atoms with E-state index in [9.17, 15) is 22.8 Å². The highest BCUT2D eigenvalue weighted by atomic mass is 19.4. The molecule has 3 rings (SSSR count). The van der Waals surface area contributed by atoms with E-state index in [4.69, 9.17) is 4.74 Å². The molecule has 0 unspecified atom stereocenters. The van der Waals surface area contributed by atoms with Crippen molar-refractivity contribution in [1.82, 2.24) is 0 Å². The van der Waals surface area contributed by atoms with Crippen molar-refractivity contribution in [1.29, 1.82) is 0 Å². The number of nitrogens with one attached hydrogen (secondary N) is 1. The summed E-state index contributed by atoms with van der Waals surface area (Å²) in [6.45, 7) is 3.63. The maximum atomic E-state index is 12.6. The summed E-state index contributed by atoms with van der Waals surface area (Å²) in [5, 5.41) is 2.58. The maximum Gasteiger partial charge on any atom is 0.416 e. The van der Waals surface area contributed by atoms with Gasteiger partial charge in [0.2, 0.25) is 0 Å². The Kier molecular flexibility index (Phi) is 4.26. The van der Waals surface area contributed by atoms with Crippen LogP contribution >= 0.6 is 0 Å². The Labute approximate surface area is 148 Å². The van der Waals surface area contributed by atoms with Crippen LogP contribution in [0, 0.1) is 0 Å². The molecule has 0 radical (unpaired) electrons. The molecular weight excluding hydrogens is 347 g/mol. The predicted octanol–water partition coefficient (Wildman–Crippen LogP) is 4.70. The van der Waals surface area contributed by atoms with E-state index >= 15 is 0 Å². The van der Waals surface area contributed by atoms with Crippen LogP contribution < -0.4 is 10.1 Å². The summed E-state index contributed by atoms with van der Waals surface area (Å²) in [7, 11) is 0. The number of carbonyl (C=O) groups excluding carboxylic acids is 2. The van der Waals surface area contributed by atoms with Crippen LogP contribution in [0.15, 0.2) is 42.5 Å². The Morgan fingerprint density at radius 2 is 1.77 bits per heavy atom. The van der Waals surface area contributed by atoms with Gasteiger partial charge >= 0.3 is 6.18 Å². The van der Waals surface area contributed by atoms with Gasteiger partial charge in [-0.1, -0.05) is 0 Å². The van der Waals surface area contributed by atoms with Crippen molar-refractivity contribution >= 4 is 17.4 Å². The van der Waals surface area contributed by atoms with Crippen molar-refractivity contribution < 1.29 is 27.5 Å². The molecule has 2 aromatic carbocycles. The Balaban J connectivity index is 1.78. The number of benzene rings is 2. The van der Waals surface area contributed by atoms with Crippen LogP contribution in [0.25, 0.3) is 0 Å². The van der Waals surface area contributed by atoms with E-state index in [1.807, 2.05) is 13.8 Å². The third kappa shape index (κ3) is 3.71. The Bertz CT molecular complexity index is 871. The molecule has 0 atom stereocenters. The first-order valence-corrected chi connectivity index (χ1v) is 7.90. The minimum Gasteiger partial charge on any atom is -0.487 e. The summed E-state index contributed by atoms with van der Waals surface area (Å²) in [6.07, 6.45) is -4.24. The zero-order valence-corrected chi connectivity index (χ0v) is 14.1. The molecule has 136 valence electrons. The molecule has 0 aliphatic carbocycles. The van der Waals surface area contributed by atoms with Gasteiger partial charge < -0.3 is 10.1 Å². The third-order valence-corrected chi connectivity index (χ3v) is 3.98. The minimum atomic E-state index is -4.46. The largest absolute Gasteiger partial charge is 0.487 e. The van der Waals surface area contributed by atoms with Gasteiger partial charge in [0.25, 0.3) is 5.91 Å². The van der Waals surface area contributed by atoms with E-state index in [1.165, 1.54) is 6.07 Å². The molecule has 0 aromatic heterocycles. The monoisotopic (exact) mass is 363 g/mol. The van der Waals surface area contributed by atoms with Gasteiger partial charge in [-0.2, -0.15) is 13.2 Å². The molecule has 0 saturated heterocycles. The molecule has 0 spiro atoms. The highest BCUT2D eigenvalue weighted by molar-refractivity contribution is 6.06.